The van der Waals surface area contributed by atoms with Crippen molar-refractivity contribution in [2.75, 3.05) is 0 Å². The van der Waals surface area contributed by atoms with Crippen molar-refractivity contribution in [1.29, 1.82) is 0 Å². The maximum Gasteiger partial charge on any atom is 0.142 e. The van der Waals surface area contributed by atoms with Crippen molar-refractivity contribution in [3.05, 3.63) is 23.8 Å². The standard InChI is InChI=1S/C18H24O2/c19-17-13-8-5-10-15(17)18(20)11-4-3-9-14(18)16(13)12-6-1-2-7-12/h1,6-7,13-16,20H,2-5,8-11H2. The molecular weight excluding hydrogens is 248 g/mol. The van der Waals surface area contributed by atoms with E-state index in [2.05, 4.69) is 18.2 Å². The molecule has 4 aliphatic carbocycles. The molecule has 3 saturated carbocycles. The number of rotatable bonds is 1. The molecule has 3 fully saturated rings. The van der Waals surface area contributed by atoms with E-state index >= 15 is 0 Å². The van der Waals surface area contributed by atoms with Crippen LogP contribution in [0.1, 0.15) is 51.4 Å². The van der Waals surface area contributed by atoms with Crippen LogP contribution in [0, 0.1) is 23.7 Å². The second-order valence-corrected chi connectivity index (χ2v) is 7.20. The van der Waals surface area contributed by atoms with Crippen LogP contribution in [0.25, 0.3) is 0 Å². The Labute approximate surface area is 120 Å². The van der Waals surface area contributed by atoms with Crippen molar-refractivity contribution in [2.45, 2.75) is 57.0 Å². The number of fused-ring (bicyclic) bond motifs is 4. The summed E-state index contributed by atoms with van der Waals surface area (Å²) in [5.41, 5.74) is 0.641. The second-order valence-electron chi connectivity index (χ2n) is 7.20. The molecule has 0 aromatic carbocycles. The Kier molecular flexibility index (Phi) is 2.92. The molecule has 0 spiro atoms. The number of aliphatic hydroxyl groups is 1. The summed E-state index contributed by atoms with van der Waals surface area (Å²) in [4.78, 5) is 12.8. The predicted octanol–water partition coefficient (Wildman–Crippen LogP) is 3.41. The molecule has 0 heterocycles. The Morgan fingerprint density at radius 1 is 1.15 bits per heavy atom. The summed E-state index contributed by atoms with van der Waals surface area (Å²) in [7, 11) is 0. The molecule has 0 aromatic rings. The predicted molar refractivity (Wildman–Crippen MR) is 78.1 cm³/mol. The first-order valence-corrected chi connectivity index (χ1v) is 8.34. The topological polar surface area (TPSA) is 37.3 Å². The highest BCUT2D eigenvalue weighted by Crippen LogP contribution is 2.57. The van der Waals surface area contributed by atoms with Gasteiger partial charge in [0.2, 0.25) is 0 Å². The summed E-state index contributed by atoms with van der Waals surface area (Å²) in [5.74, 6) is 1.12. The highest BCUT2D eigenvalue weighted by molar-refractivity contribution is 5.87. The van der Waals surface area contributed by atoms with Gasteiger partial charge in [-0.05, 0) is 49.5 Å². The van der Waals surface area contributed by atoms with Crippen LogP contribution in [0.3, 0.4) is 0 Å². The van der Waals surface area contributed by atoms with E-state index in [1.165, 1.54) is 12.0 Å². The van der Waals surface area contributed by atoms with Crippen molar-refractivity contribution in [3.8, 4) is 0 Å². The van der Waals surface area contributed by atoms with Crippen LogP contribution in [0.2, 0.25) is 0 Å². The van der Waals surface area contributed by atoms with Crippen LogP contribution in [-0.2, 0) is 4.79 Å². The van der Waals surface area contributed by atoms with Gasteiger partial charge in [0, 0.05) is 11.8 Å². The zero-order valence-corrected chi connectivity index (χ0v) is 12.1. The average molecular weight is 272 g/mol. The average Bonchev–Trinajstić information content (AvgIpc) is 2.95. The Hall–Kier alpha value is -0.890. The molecule has 0 aromatic heterocycles. The van der Waals surface area contributed by atoms with E-state index in [-0.39, 0.29) is 11.8 Å². The van der Waals surface area contributed by atoms with E-state index in [1.807, 2.05) is 0 Å². The van der Waals surface area contributed by atoms with Crippen molar-refractivity contribution < 1.29 is 9.90 Å². The van der Waals surface area contributed by atoms with Crippen LogP contribution in [0.5, 0.6) is 0 Å². The number of carbonyl (C=O) groups excluding carboxylic acids is 1. The summed E-state index contributed by atoms with van der Waals surface area (Å²) in [6.07, 6.45) is 15.0. The molecule has 5 unspecified atom stereocenters. The van der Waals surface area contributed by atoms with E-state index in [0.29, 0.717) is 17.6 Å². The number of hydrogen-bond acceptors (Lipinski definition) is 2. The molecule has 4 aliphatic rings. The van der Waals surface area contributed by atoms with Crippen molar-refractivity contribution in [2.24, 2.45) is 23.7 Å². The van der Waals surface area contributed by atoms with Gasteiger partial charge in [-0.15, -0.1) is 0 Å². The van der Waals surface area contributed by atoms with E-state index < -0.39 is 5.60 Å². The number of allylic oxidation sites excluding steroid dienone is 4. The molecule has 1 N–H and O–H groups in total. The van der Waals surface area contributed by atoms with Gasteiger partial charge < -0.3 is 5.11 Å². The first kappa shape index (κ1) is 12.8. The summed E-state index contributed by atoms with van der Waals surface area (Å²) >= 11 is 0. The molecule has 0 saturated heterocycles. The summed E-state index contributed by atoms with van der Waals surface area (Å²) in [6, 6.07) is 0. The second kappa shape index (κ2) is 4.56. The fourth-order valence-electron chi connectivity index (χ4n) is 5.54. The summed E-state index contributed by atoms with van der Waals surface area (Å²) in [6.45, 7) is 0. The van der Waals surface area contributed by atoms with Crippen LogP contribution in [0.4, 0.5) is 0 Å². The number of ketones is 1. The van der Waals surface area contributed by atoms with Crippen LogP contribution in [-0.4, -0.2) is 16.5 Å². The molecule has 0 radical (unpaired) electrons. The highest BCUT2D eigenvalue weighted by Gasteiger charge is 2.59. The van der Waals surface area contributed by atoms with Gasteiger partial charge >= 0.3 is 0 Å². The number of hydrogen-bond donors (Lipinski definition) is 1. The summed E-state index contributed by atoms with van der Waals surface area (Å²) in [5, 5.41) is 11.3. The lowest BCUT2D eigenvalue weighted by Gasteiger charge is -2.56. The van der Waals surface area contributed by atoms with E-state index in [0.717, 1.165) is 44.9 Å². The molecular formula is C18H24O2. The Morgan fingerprint density at radius 2 is 2.05 bits per heavy atom. The van der Waals surface area contributed by atoms with Crippen LogP contribution >= 0.6 is 0 Å². The lowest BCUT2D eigenvalue weighted by atomic mass is 9.49. The van der Waals surface area contributed by atoms with Crippen LogP contribution in [0.15, 0.2) is 23.8 Å². The fourth-order valence-corrected chi connectivity index (χ4v) is 5.54. The van der Waals surface area contributed by atoms with Gasteiger partial charge in [-0.1, -0.05) is 37.5 Å². The first-order chi connectivity index (χ1) is 9.72. The van der Waals surface area contributed by atoms with Gasteiger partial charge in [-0.2, -0.15) is 0 Å². The van der Waals surface area contributed by atoms with Gasteiger partial charge in [0.15, 0.2) is 0 Å². The van der Waals surface area contributed by atoms with E-state index in [1.54, 1.807) is 0 Å². The maximum absolute atomic E-state index is 12.8. The van der Waals surface area contributed by atoms with Crippen molar-refractivity contribution in [3.63, 3.8) is 0 Å². The number of carbonyl (C=O) groups is 1. The van der Waals surface area contributed by atoms with Crippen molar-refractivity contribution >= 4 is 5.78 Å². The number of Topliss-reactive ketones (excluding diaryl/α,β-unsaturated/α-hetero) is 1. The highest BCUT2D eigenvalue weighted by atomic mass is 16.3. The third-order valence-corrected chi connectivity index (χ3v) is 6.36. The molecule has 0 amide bonds. The van der Waals surface area contributed by atoms with Gasteiger partial charge in [0.05, 0.1) is 5.60 Å². The fraction of sp³-hybridized carbons (Fsp3) is 0.722. The maximum atomic E-state index is 12.8. The third kappa shape index (κ3) is 1.64. The minimum absolute atomic E-state index is 0.0613. The minimum Gasteiger partial charge on any atom is -0.389 e. The molecule has 108 valence electrons. The molecule has 5 atom stereocenters. The van der Waals surface area contributed by atoms with Crippen molar-refractivity contribution in [1.82, 2.24) is 0 Å². The monoisotopic (exact) mass is 272 g/mol. The molecule has 20 heavy (non-hydrogen) atoms. The van der Waals surface area contributed by atoms with E-state index in [4.69, 9.17) is 0 Å². The van der Waals surface area contributed by atoms with Crippen LogP contribution < -0.4 is 0 Å². The molecule has 2 bridgehead atoms. The first-order valence-electron chi connectivity index (χ1n) is 8.34. The van der Waals surface area contributed by atoms with Gasteiger partial charge in [-0.3, -0.25) is 4.79 Å². The third-order valence-electron chi connectivity index (χ3n) is 6.36. The van der Waals surface area contributed by atoms with Gasteiger partial charge in [-0.25, -0.2) is 0 Å². The van der Waals surface area contributed by atoms with Gasteiger partial charge in [0.25, 0.3) is 0 Å². The van der Waals surface area contributed by atoms with Gasteiger partial charge in [0.1, 0.15) is 5.78 Å². The Morgan fingerprint density at radius 3 is 2.85 bits per heavy atom. The lowest BCUT2D eigenvalue weighted by Crippen LogP contribution is -2.61. The Bertz CT molecular complexity index is 490. The van der Waals surface area contributed by atoms with E-state index in [9.17, 15) is 9.90 Å². The zero-order chi connectivity index (χ0) is 13.7. The molecule has 4 rings (SSSR count). The molecule has 0 aliphatic heterocycles. The SMILES string of the molecule is O=C1C2CCCC1C1(O)CCCCC1C2C1=CCC=C1. The Balaban J connectivity index is 1.79. The normalized spacial score (nSPS) is 47.0. The zero-order valence-electron chi connectivity index (χ0n) is 12.1. The molecule has 2 heteroatoms. The summed E-state index contributed by atoms with van der Waals surface area (Å²) < 4.78 is 0. The quantitative estimate of drug-likeness (QED) is 0.794. The lowest BCUT2D eigenvalue weighted by molar-refractivity contribution is -0.177. The minimum atomic E-state index is -0.700. The molecule has 2 nitrogen and oxygen atoms in total. The largest absolute Gasteiger partial charge is 0.389 e. The smallest absolute Gasteiger partial charge is 0.142 e.